The van der Waals surface area contributed by atoms with Gasteiger partial charge in [0, 0.05) is 33.1 Å². The van der Waals surface area contributed by atoms with Crippen LogP contribution in [-0.2, 0) is 24.2 Å². The first-order valence-corrected chi connectivity index (χ1v) is 9.42. The van der Waals surface area contributed by atoms with Crippen LogP contribution >= 0.6 is 11.3 Å². The summed E-state index contributed by atoms with van der Waals surface area (Å²) in [5, 5.41) is 6.54. The van der Waals surface area contributed by atoms with Crippen LogP contribution in [0.1, 0.15) is 41.8 Å². The zero-order valence-electron chi connectivity index (χ0n) is 15.7. The highest BCUT2D eigenvalue weighted by Gasteiger charge is 2.13. The number of methoxy groups -OCH3 is 1. The van der Waals surface area contributed by atoms with Gasteiger partial charge in [0.05, 0.1) is 12.2 Å². The lowest BCUT2D eigenvalue weighted by Gasteiger charge is -2.22. The van der Waals surface area contributed by atoms with Crippen molar-refractivity contribution in [2.45, 2.75) is 39.5 Å². The predicted octanol–water partition coefficient (Wildman–Crippen LogP) is 3.62. The molecule has 1 aromatic heterocycles. The van der Waals surface area contributed by atoms with E-state index in [4.69, 9.17) is 4.74 Å². The molecular weight excluding hydrogens is 332 g/mol. The van der Waals surface area contributed by atoms with Crippen LogP contribution in [0, 0.1) is 0 Å². The molecule has 0 aliphatic carbocycles. The lowest BCUT2D eigenvalue weighted by atomic mass is 10.1. The fraction of sp³-hybridized carbons (Fsp3) is 0.474. The van der Waals surface area contributed by atoms with E-state index in [9.17, 15) is 0 Å². The predicted molar refractivity (Wildman–Crippen MR) is 105 cm³/mol. The van der Waals surface area contributed by atoms with Gasteiger partial charge in [-0.3, -0.25) is 4.99 Å². The van der Waals surface area contributed by atoms with Crippen molar-refractivity contribution in [3.05, 3.63) is 51.5 Å². The quantitative estimate of drug-likeness (QED) is 0.605. The molecular formula is C19H28N4OS. The first-order valence-electron chi connectivity index (χ1n) is 8.54. The number of hydrogen-bond donors (Lipinski definition) is 1. The Hall–Kier alpha value is -1.92. The molecule has 1 heterocycles. The summed E-state index contributed by atoms with van der Waals surface area (Å²) >= 11 is 1.64. The molecule has 0 spiro atoms. The molecule has 2 rings (SSSR count). The van der Waals surface area contributed by atoms with Crippen LogP contribution in [0.3, 0.4) is 0 Å². The molecule has 6 heteroatoms. The molecule has 0 radical (unpaired) electrons. The van der Waals surface area contributed by atoms with E-state index in [0.29, 0.717) is 6.54 Å². The van der Waals surface area contributed by atoms with Gasteiger partial charge in [-0.1, -0.05) is 31.2 Å². The van der Waals surface area contributed by atoms with Crippen LogP contribution in [0.5, 0.6) is 0 Å². The standard InChI is InChI=1S/C19H28N4OS/c1-6-15-9-7-8-10-16(15)11-21-19(20-3)23(4)12-17-13-25-18(22-17)14(2)24-5/h7-10,13-14H,6,11-12H2,1-5H3,(H,20,21). The minimum Gasteiger partial charge on any atom is -0.375 e. The van der Waals surface area contributed by atoms with Crippen molar-refractivity contribution in [3.8, 4) is 0 Å². The Morgan fingerprint density at radius 3 is 2.72 bits per heavy atom. The molecule has 2 aromatic rings. The highest BCUT2D eigenvalue weighted by molar-refractivity contribution is 7.09. The lowest BCUT2D eigenvalue weighted by molar-refractivity contribution is 0.119. The topological polar surface area (TPSA) is 49.8 Å². The molecule has 0 fully saturated rings. The number of nitrogens with one attached hydrogen (secondary N) is 1. The van der Waals surface area contributed by atoms with Gasteiger partial charge in [-0.05, 0) is 24.5 Å². The van der Waals surface area contributed by atoms with Crippen molar-refractivity contribution >= 4 is 17.3 Å². The van der Waals surface area contributed by atoms with Crippen molar-refractivity contribution in [1.29, 1.82) is 0 Å². The first kappa shape index (κ1) is 19.4. The molecule has 0 aliphatic rings. The molecule has 5 nitrogen and oxygen atoms in total. The summed E-state index contributed by atoms with van der Waals surface area (Å²) in [5.74, 6) is 0.861. The van der Waals surface area contributed by atoms with E-state index in [1.807, 2.05) is 21.0 Å². The molecule has 136 valence electrons. The molecule has 0 aliphatic heterocycles. The Morgan fingerprint density at radius 1 is 1.36 bits per heavy atom. The number of nitrogens with zero attached hydrogens (tertiary/aromatic N) is 3. The number of thiazole rings is 1. The Balaban J connectivity index is 1.97. The maximum atomic E-state index is 5.33. The van der Waals surface area contributed by atoms with E-state index in [1.54, 1.807) is 18.4 Å². The summed E-state index contributed by atoms with van der Waals surface area (Å²) in [6.45, 7) is 5.67. The van der Waals surface area contributed by atoms with Crippen LogP contribution < -0.4 is 5.32 Å². The van der Waals surface area contributed by atoms with E-state index in [1.165, 1.54) is 11.1 Å². The highest BCUT2D eigenvalue weighted by atomic mass is 32.1. The number of aromatic nitrogens is 1. The molecule has 1 atom stereocenters. The molecule has 1 N–H and O–H groups in total. The Kier molecular flexibility index (Phi) is 7.40. The minimum absolute atomic E-state index is 0.0343. The number of aryl methyl sites for hydroxylation is 1. The molecule has 1 unspecified atom stereocenters. The van der Waals surface area contributed by atoms with Gasteiger partial charge >= 0.3 is 0 Å². The number of guanidine groups is 1. The van der Waals surface area contributed by atoms with Gasteiger partial charge in [0.25, 0.3) is 0 Å². The third kappa shape index (κ3) is 5.28. The van der Waals surface area contributed by atoms with Crippen molar-refractivity contribution < 1.29 is 4.74 Å². The smallest absolute Gasteiger partial charge is 0.194 e. The zero-order chi connectivity index (χ0) is 18.2. The number of ether oxygens (including phenoxy) is 1. The molecule has 0 saturated carbocycles. The van der Waals surface area contributed by atoms with Crippen molar-refractivity contribution in [3.63, 3.8) is 0 Å². The minimum atomic E-state index is 0.0343. The normalized spacial score (nSPS) is 12.9. The van der Waals surface area contributed by atoms with Gasteiger partial charge in [-0.15, -0.1) is 11.3 Å². The molecule has 0 saturated heterocycles. The Bertz CT molecular complexity index is 698. The average molecular weight is 361 g/mol. The summed E-state index contributed by atoms with van der Waals surface area (Å²) in [4.78, 5) is 11.1. The Morgan fingerprint density at radius 2 is 2.08 bits per heavy atom. The largest absolute Gasteiger partial charge is 0.375 e. The second-order valence-corrected chi connectivity index (χ2v) is 6.82. The third-order valence-electron chi connectivity index (χ3n) is 4.18. The summed E-state index contributed by atoms with van der Waals surface area (Å²) in [5.41, 5.74) is 3.71. The van der Waals surface area contributed by atoms with E-state index in [0.717, 1.165) is 29.6 Å². The summed E-state index contributed by atoms with van der Waals surface area (Å²) in [6, 6.07) is 8.51. The maximum Gasteiger partial charge on any atom is 0.194 e. The maximum absolute atomic E-state index is 5.33. The van der Waals surface area contributed by atoms with Gasteiger partial charge in [0.15, 0.2) is 5.96 Å². The number of hydrogen-bond acceptors (Lipinski definition) is 4. The molecule has 1 aromatic carbocycles. The molecule has 25 heavy (non-hydrogen) atoms. The van der Waals surface area contributed by atoms with Crippen LogP contribution in [0.2, 0.25) is 0 Å². The average Bonchev–Trinajstić information content (AvgIpc) is 3.10. The van der Waals surface area contributed by atoms with Gasteiger partial charge in [0.1, 0.15) is 11.1 Å². The monoisotopic (exact) mass is 360 g/mol. The van der Waals surface area contributed by atoms with Crippen LogP contribution in [0.15, 0.2) is 34.6 Å². The summed E-state index contributed by atoms with van der Waals surface area (Å²) in [6.07, 6.45) is 1.07. The fourth-order valence-corrected chi connectivity index (χ4v) is 3.48. The second-order valence-electron chi connectivity index (χ2n) is 5.93. The SMILES string of the molecule is CCc1ccccc1CNC(=NC)N(C)Cc1csc(C(C)OC)n1. The van der Waals surface area contributed by atoms with Gasteiger partial charge in [0.2, 0.25) is 0 Å². The van der Waals surface area contributed by atoms with Gasteiger partial charge in [-0.2, -0.15) is 0 Å². The summed E-state index contributed by atoms with van der Waals surface area (Å²) < 4.78 is 5.33. The first-order chi connectivity index (χ1) is 12.1. The Labute approximate surface area is 154 Å². The van der Waals surface area contributed by atoms with Crippen molar-refractivity contribution in [2.24, 2.45) is 4.99 Å². The van der Waals surface area contributed by atoms with Gasteiger partial charge < -0.3 is 15.0 Å². The van der Waals surface area contributed by atoms with Crippen molar-refractivity contribution in [2.75, 3.05) is 21.2 Å². The number of aliphatic imine (C=N–C) groups is 1. The van der Waals surface area contributed by atoms with E-state index >= 15 is 0 Å². The third-order valence-corrected chi connectivity index (χ3v) is 5.23. The highest BCUT2D eigenvalue weighted by Crippen LogP contribution is 2.21. The van der Waals surface area contributed by atoms with Crippen LogP contribution in [0.4, 0.5) is 0 Å². The van der Waals surface area contributed by atoms with E-state index < -0.39 is 0 Å². The number of benzene rings is 1. The van der Waals surface area contributed by atoms with E-state index in [-0.39, 0.29) is 6.10 Å². The van der Waals surface area contributed by atoms with Crippen molar-refractivity contribution in [1.82, 2.24) is 15.2 Å². The van der Waals surface area contributed by atoms with Crippen LogP contribution in [0.25, 0.3) is 0 Å². The molecule has 0 amide bonds. The van der Waals surface area contributed by atoms with E-state index in [2.05, 4.69) is 56.8 Å². The second kappa shape index (κ2) is 9.53. The zero-order valence-corrected chi connectivity index (χ0v) is 16.6. The fourth-order valence-electron chi connectivity index (χ4n) is 2.63. The van der Waals surface area contributed by atoms with Crippen LogP contribution in [-0.4, -0.2) is 37.0 Å². The van der Waals surface area contributed by atoms with Gasteiger partial charge in [-0.25, -0.2) is 4.98 Å². The summed E-state index contributed by atoms with van der Waals surface area (Å²) in [7, 11) is 5.54. The number of rotatable bonds is 7. The lowest BCUT2D eigenvalue weighted by Crippen LogP contribution is -2.38. The molecule has 0 bridgehead atoms.